The third kappa shape index (κ3) is 4.42. The van der Waals surface area contributed by atoms with Crippen molar-refractivity contribution in [3.8, 4) is 0 Å². The molecule has 0 spiro atoms. The lowest BCUT2D eigenvalue weighted by Gasteiger charge is -2.35. The Kier molecular flexibility index (Phi) is 6.49. The highest BCUT2D eigenvalue weighted by Crippen LogP contribution is 2.48. The zero-order valence-electron chi connectivity index (χ0n) is 19.9. The van der Waals surface area contributed by atoms with Crippen LogP contribution in [0.25, 0.3) is 0 Å². The summed E-state index contributed by atoms with van der Waals surface area (Å²) >= 11 is 1.86. The van der Waals surface area contributed by atoms with E-state index in [-0.39, 0.29) is 18.3 Å². The predicted octanol–water partition coefficient (Wildman–Crippen LogP) is 6.80. The van der Waals surface area contributed by atoms with E-state index in [0.717, 1.165) is 12.0 Å². The molecule has 4 rings (SSSR count). The topological polar surface area (TPSA) is 21.7 Å². The lowest BCUT2D eigenvalue weighted by atomic mass is 9.79. The van der Waals surface area contributed by atoms with Gasteiger partial charge in [-0.1, -0.05) is 63.1 Å². The van der Waals surface area contributed by atoms with Crippen LogP contribution < -0.4 is 10.4 Å². The summed E-state index contributed by atoms with van der Waals surface area (Å²) in [6, 6.07) is 15.5. The molecule has 0 radical (unpaired) electrons. The van der Waals surface area contributed by atoms with Gasteiger partial charge in [-0.2, -0.15) is 0 Å². The van der Waals surface area contributed by atoms with Gasteiger partial charge in [-0.15, -0.1) is 0 Å². The molecule has 1 unspecified atom stereocenters. The second kappa shape index (κ2) is 8.84. The van der Waals surface area contributed by atoms with Crippen molar-refractivity contribution < 1.29 is 9.31 Å². The molecule has 3 nitrogen and oxygen atoms in total. The van der Waals surface area contributed by atoms with Crippen LogP contribution in [0.2, 0.25) is 0 Å². The summed E-state index contributed by atoms with van der Waals surface area (Å²) in [5.74, 6) is 0.701. The predicted molar refractivity (Wildman–Crippen MR) is 133 cm³/mol. The van der Waals surface area contributed by atoms with Crippen LogP contribution in [0.15, 0.2) is 52.3 Å². The number of fused-ring (bicyclic) bond motifs is 2. The zero-order chi connectivity index (χ0) is 22.2. The Morgan fingerprint density at radius 1 is 0.935 bits per heavy atom. The lowest BCUT2D eigenvalue weighted by molar-refractivity contribution is 0.00578. The molecule has 0 N–H and O–H groups in total. The maximum atomic E-state index is 6.32. The summed E-state index contributed by atoms with van der Waals surface area (Å²) in [7, 11) is -0.325. The average Bonchev–Trinajstić information content (AvgIpc) is 2.97. The summed E-state index contributed by atoms with van der Waals surface area (Å²) in [5.41, 5.74) is 3.08. The van der Waals surface area contributed by atoms with Gasteiger partial charge in [-0.3, -0.25) is 0 Å². The molecule has 0 aliphatic carbocycles. The van der Waals surface area contributed by atoms with Gasteiger partial charge in [0.25, 0.3) is 0 Å². The van der Waals surface area contributed by atoms with E-state index in [0.29, 0.717) is 5.92 Å². The van der Waals surface area contributed by atoms with E-state index in [2.05, 4.69) is 88.9 Å². The van der Waals surface area contributed by atoms with E-state index in [1.165, 1.54) is 46.8 Å². The van der Waals surface area contributed by atoms with Crippen molar-refractivity contribution in [3.05, 3.63) is 42.5 Å². The lowest BCUT2D eigenvalue weighted by Crippen LogP contribution is -2.41. The van der Waals surface area contributed by atoms with Crippen molar-refractivity contribution in [2.45, 2.75) is 88.2 Å². The molecule has 2 heterocycles. The molecule has 0 bridgehead atoms. The van der Waals surface area contributed by atoms with Gasteiger partial charge in [-0.25, -0.2) is 0 Å². The Bertz CT molecular complexity index is 913. The molecular weight excluding hydrogens is 401 g/mol. The van der Waals surface area contributed by atoms with Crippen molar-refractivity contribution in [2.24, 2.45) is 5.92 Å². The number of unbranched alkanes of at least 4 members (excludes halogenated alkanes) is 1. The molecular formula is C26H36BNO2S. The van der Waals surface area contributed by atoms with Crippen molar-refractivity contribution in [1.82, 2.24) is 0 Å². The fourth-order valence-corrected chi connectivity index (χ4v) is 5.49. The largest absolute Gasteiger partial charge is 0.494 e. The third-order valence-corrected chi connectivity index (χ3v) is 8.27. The molecule has 0 saturated carbocycles. The van der Waals surface area contributed by atoms with Crippen molar-refractivity contribution in [3.63, 3.8) is 0 Å². The smallest absolute Gasteiger partial charge is 0.399 e. The van der Waals surface area contributed by atoms with Crippen LogP contribution in [-0.2, 0) is 9.31 Å². The molecule has 1 atom stereocenters. The first kappa shape index (κ1) is 22.8. The fourth-order valence-electron chi connectivity index (χ4n) is 4.35. The molecule has 1 fully saturated rings. The monoisotopic (exact) mass is 437 g/mol. The number of anilines is 2. The second-order valence-electron chi connectivity index (χ2n) is 9.91. The first-order valence-electron chi connectivity index (χ1n) is 11.8. The van der Waals surface area contributed by atoms with Crippen LogP contribution in [0.1, 0.15) is 67.2 Å². The van der Waals surface area contributed by atoms with Crippen molar-refractivity contribution >= 4 is 35.7 Å². The van der Waals surface area contributed by atoms with E-state index in [1.807, 2.05) is 11.8 Å². The molecule has 2 aliphatic heterocycles. The molecule has 5 heteroatoms. The van der Waals surface area contributed by atoms with E-state index in [4.69, 9.17) is 9.31 Å². The van der Waals surface area contributed by atoms with E-state index >= 15 is 0 Å². The molecule has 0 aromatic heterocycles. The van der Waals surface area contributed by atoms with Gasteiger partial charge in [0.1, 0.15) is 0 Å². The highest BCUT2D eigenvalue weighted by molar-refractivity contribution is 7.99. The Hall–Kier alpha value is -1.43. The molecule has 31 heavy (non-hydrogen) atoms. The Morgan fingerprint density at radius 2 is 1.61 bits per heavy atom. The summed E-state index contributed by atoms with van der Waals surface area (Å²) in [4.78, 5) is 5.15. The summed E-state index contributed by atoms with van der Waals surface area (Å²) in [6.45, 7) is 14.1. The number of hydrogen-bond donors (Lipinski definition) is 0. The van der Waals surface area contributed by atoms with Crippen molar-refractivity contribution in [1.29, 1.82) is 0 Å². The molecule has 0 amide bonds. The standard InChI is InChI=1S/C26H36BNO2S/c1-7-9-12-19(8-2)18-28-21-13-10-11-14-23(21)31-24-17-20(15-16-22(24)28)27-29-25(3,4)26(5,6)30-27/h10-11,13-17,19H,7-9,12,18H2,1-6H3. The maximum absolute atomic E-state index is 6.32. The first-order chi connectivity index (χ1) is 14.8. The van der Waals surface area contributed by atoms with Crippen LogP contribution in [0.5, 0.6) is 0 Å². The third-order valence-electron chi connectivity index (χ3n) is 7.16. The van der Waals surface area contributed by atoms with Gasteiger partial charge in [0.05, 0.1) is 22.6 Å². The Balaban J connectivity index is 1.66. The Morgan fingerprint density at radius 3 is 2.29 bits per heavy atom. The summed E-state index contributed by atoms with van der Waals surface area (Å²) in [6.07, 6.45) is 5.07. The van der Waals surface area contributed by atoms with Gasteiger partial charge in [0.15, 0.2) is 0 Å². The minimum atomic E-state index is -0.326. The average molecular weight is 437 g/mol. The number of nitrogens with zero attached hydrogens (tertiary/aromatic N) is 1. The maximum Gasteiger partial charge on any atom is 0.494 e. The molecule has 2 aromatic carbocycles. The number of para-hydroxylation sites is 1. The first-order valence-corrected chi connectivity index (χ1v) is 12.6. The van der Waals surface area contributed by atoms with Crippen LogP contribution >= 0.6 is 11.8 Å². The van der Waals surface area contributed by atoms with E-state index in [9.17, 15) is 0 Å². The van der Waals surface area contributed by atoms with E-state index in [1.54, 1.807) is 0 Å². The van der Waals surface area contributed by atoms with E-state index < -0.39 is 0 Å². The number of hydrogen-bond acceptors (Lipinski definition) is 4. The van der Waals surface area contributed by atoms with Gasteiger partial charge in [0, 0.05) is 16.3 Å². The van der Waals surface area contributed by atoms with Gasteiger partial charge in [0.2, 0.25) is 0 Å². The highest BCUT2D eigenvalue weighted by atomic mass is 32.2. The quantitative estimate of drug-likeness (QED) is 0.444. The molecule has 166 valence electrons. The summed E-state index contributed by atoms with van der Waals surface area (Å²) < 4.78 is 12.6. The van der Waals surface area contributed by atoms with Crippen molar-refractivity contribution in [2.75, 3.05) is 11.4 Å². The van der Waals surface area contributed by atoms with Gasteiger partial charge in [-0.05, 0) is 69.8 Å². The van der Waals surface area contributed by atoms with Gasteiger partial charge >= 0.3 is 7.12 Å². The zero-order valence-corrected chi connectivity index (χ0v) is 20.7. The fraction of sp³-hybridized carbons (Fsp3) is 0.538. The van der Waals surface area contributed by atoms with Crippen LogP contribution in [0.4, 0.5) is 11.4 Å². The van der Waals surface area contributed by atoms with Crippen LogP contribution in [-0.4, -0.2) is 24.9 Å². The molecule has 1 saturated heterocycles. The Labute approximate surface area is 193 Å². The number of benzene rings is 2. The normalized spacial score (nSPS) is 19.8. The van der Waals surface area contributed by atoms with Crippen LogP contribution in [0.3, 0.4) is 0 Å². The van der Waals surface area contributed by atoms with Gasteiger partial charge < -0.3 is 14.2 Å². The molecule has 2 aromatic rings. The molecule has 2 aliphatic rings. The minimum Gasteiger partial charge on any atom is -0.399 e. The minimum absolute atomic E-state index is 0.325. The SMILES string of the molecule is CCCCC(CC)CN1c2ccccc2Sc2cc(B3OC(C)(C)C(C)(C)O3)ccc21. The number of rotatable bonds is 7. The summed E-state index contributed by atoms with van der Waals surface area (Å²) in [5, 5.41) is 0. The second-order valence-corrected chi connectivity index (χ2v) is 11.0. The highest BCUT2D eigenvalue weighted by Gasteiger charge is 2.51. The van der Waals surface area contributed by atoms with Crippen LogP contribution in [0, 0.1) is 5.92 Å².